The van der Waals surface area contributed by atoms with E-state index in [0.717, 1.165) is 0 Å². The molecular weight excluding hydrogens is 157 g/mol. The maximum atomic E-state index is 10.4. The van der Waals surface area contributed by atoms with Crippen molar-refractivity contribution in [3.63, 3.8) is 0 Å². The first-order valence-corrected chi connectivity index (χ1v) is 5.58. The van der Waals surface area contributed by atoms with Crippen LogP contribution in [0.5, 0.6) is 0 Å². The molecule has 0 amide bonds. The van der Waals surface area contributed by atoms with Crippen LogP contribution in [0.25, 0.3) is 0 Å². The fraction of sp³-hybridized carbons (Fsp3) is 1.00. The molecule has 9 heavy (non-hydrogen) atoms. The molecule has 0 aromatic carbocycles. The van der Waals surface area contributed by atoms with Crippen LogP contribution in [-0.2, 0) is 4.57 Å². The monoisotopic (exact) mass is 166 g/mol. The van der Waals surface area contributed by atoms with Gasteiger partial charge in [0.05, 0.1) is 0 Å². The number of hydrogen-bond donors (Lipinski definition) is 2. The van der Waals surface area contributed by atoms with Crippen LogP contribution in [0.15, 0.2) is 0 Å². The van der Waals surface area contributed by atoms with Gasteiger partial charge in [0.25, 0.3) is 0 Å². The summed E-state index contributed by atoms with van der Waals surface area (Å²) in [6.07, 6.45) is 1.38. The van der Waals surface area contributed by atoms with Gasteiger partial charge in [-0.1, -0.05) is 0 Å². The Kier molecular flexibility index (Phi) is 10.2. The minimum absolute atomic E-state index is 1.38. The van der Waals surface area contributed by atoms with Gasteiger partial charge in [0.2, 0.25) is 0 Å². The third-order valence-electron chi connectivity index (χ3n) is 0.500. The Morgan fingerprint density at radius 2 is 1.78 bits per heavy atom. The molecule has 0 saturated heterocycles. The van der Waals surface area contributed by atoms with Crippen LogP contribution in [0.4, 0.5) is 4.20 Å². The first-order chi connectivity index (χ1) is 3.91. The number of hydrogen-bond acceptors (Lipinski definition) is 1. The number of halogens is 1. The number of rotatable bonds is 1. The Labute approximate surface area is 71.3 Å². The fourth-order valence-electron chi connectivity index (χ4n) is 0. The summed E-state index contributed by atoms with van der Waals surface area (Å²) in [5.41, 5.74) is 0. The van der Waals surface area contributed by atoms with Gasteiger partial charge in [-0.05, 0) is 0 Å². The van der Waals surface area contributed by atoms with Crippen LogP contribution in [0.1, 0.15) is 13.3 Å². The van der Waals surface area contributed by atoms with Crippen molar-refractivity contribution in [1.82, 2.24) is 0 Å². The molecule has 0 saturated carbocycles. The van der Waals surface area contributed by atoms with Gasteiger partial charge >= 0.3 is 52.9 Å². The van der Waals surface area contributed by atoms with Crippen molar-refractivity contribution in [2.45, 2.75) is 17.0 Å². The van der Waals surface area contributed by atoms with Gasteiger partial charge < -0.3 is 0 Å². The molecule has 0 aromatic heterocycles. The summed E-state index contributed by atoms with van der Waals surface area (Å²) in [6.45, 7) is 2.22. The second kappa shape index (κ2) is 7.19. The average Bonchev–Trinajstić information content (AvgIpc) is 1.61. The molecule has 0 aliphatic heterocycles. The predicted octanol–water partition coefficient (Wildman–Crippen LogP) is 1.03. The van der Waals surface area contributed by atoms with Crippen molar-refractivity contribution in [3.8, 4) is 0 Å². The van der Waals surface area contributed by atoms with Gasteiger partial charge in [0.15, 0.2) is 0 Å². The maximum absolute atomic E-state index is 10.4. The van der Waals surface area contributed by atoms with Crippen molar-refractivity contribution >= 4 is 35.8 Å². The van der Waals surface area contributed by atoms with Crippen molar-refractivity contribution in [2.24, 2.45) is 0 Å². The van der Waals surface area contributed by atoms with E-state index in [1.54, 1.807) is 0 Å². The van der Waals surface area contributed by atoms with Crippen LogP contribution >= 0.6 is 7.91 Å². The fourth-order valence-corrected chi connectivity index (χ4v) is 0. The normalized spacial score (nSPS) is 10.0. The van der Waals surface area contributed by atoms with E-state index in [9.17, 15) is 4.20 Å². The van der Waals surface area contributed by atoms with E-state index >= 15 is 0 Å². The van der Waals surface area contributed by atoms with Crippen molar-refractivity contribution < 1.29 is 18.5 Å². The molecule has 0 unspecified atom stereocenters. The summed E-state index contributed by atoms with van der Waals surface area (Å²) in [5.74, 6) is 0. The smallest absolute Gasteiger partial charge is 0.299 e. The molecular formula is C3H9FNaO3P. The predicted molar refractivity (Wildman–Crippen MR) is 34.0 cm³/mol. The third-order valence-corrected chi connectivity index (χ3v) is 1.50. The molecule has 3 nitrogen and oxygen atoms in total. The summed E-state index contributed by atoms with van der Waals surface area (Å²) >= 11 is 1.39. The van der Waals surface area contributed by atoms with Crippen LogP contribution < -0.4 is 0 Å². The first kappa shape index (κ1) is 12.7. The summed E-state index contributed by atoms with van der Waals surface area (Å²) in [7, 11) is -5.14. The third kappa shape index (κ3) is 105. The Morgan fingerprint density at radius 1 is 1.67 bits per heavy atom. The zero-order valence-corrected chi connectivity index (χ0v) is 8.44. The topological polar surface area (TPSA) is 57.5 Å². The van der Waals surface area contributed by atoms with Crippen molar-refractivity contribution in [2.75, 3.05) is 0 Å². The van der Waals surface area contributed by atoms with Crippen molar-refractivity contribution in [1.29, 1.82) is 0 Å². The quantitative estimate of drug-likeness (QED) is 0.451. The van der Waals surface area contributed by atoms with E-state index in [1.807, 2.05) is 0 Å². The molecule has 0 heterocycles. The largest absolute Gasteiger partial charge is 0.507 e. The van der Waals surface area contributed by atoms with Crippen LogP contribution in [0.2, 0.25) is 3.67 Å². The molecule has 0 fully saturated rings. The van der Waals surface area contributed by atoms with Crippen molar-refractivity contribution in [3.05, 3.63) is 0 Å². The molecule has 52 valence electrons. The Morgan fingerprint density at radius 3 is 1.78 bits per heavy atom. The van der Waals surface area contributed by atoms with Gasteiger partial charge in [0.1, 0.15) is 0 Å². The Hall–Kier alpha value is 1.08. The average molecular weight is 166 g/mol. The zero-order chi connectivity index (χ0) is 7.91. The van der Waals surface area contributed by atoms with E-state index < -0.39 is 7.91 Å². The maximum Gasteiger partial charge on any atom is 0.507 e. The second-order valence-corrected chi connectivity index (χ2v) is 3.42. The molecule has 0 bridgehead atoms. The van der Waals surface area contributed by atoms with Gasteiger partial charge in [-0.2, -0.15) is 0 Å². The van der Waals surface area contributed by atoms with Crippen LogP contribution in [-0.4, -0.2) is 37.7 Å². The summed E-state index contributed by atoms with van der Waals surface area (Å²) in [5, 5.41) is 0. The van der Waals surface area contributed by atoms with Gasteiger partial charge in [0, 0.05) is 0 Å². The summed E-state index contributed by atoms with van der Waals surface area (Å²) in [4.78, 5) is 13.9. The molecule has 0 atom stereocenters. The van der Waals surface area contributed by atoms with E-state index in [2.05, 4.69) is 6.92 Å². The van der Waals surface area contributed by atoms with E-state index in [0.29, 0.717) is 0 Å². The first-order valence-electron chi connectivity index (χ1n) is 2.67. The summed E-state index contributed by atoms with van der Waals surface area (Å²) in [6, 6.07) is 0. The molecule has 6 heteroatoms. The van der Waals surface area contributed by atoms with Gasteiger partial charge in [-0.3, -0.25) is 9.79 Å². The van der Waals surface area contributed by atoms with Gasteiger partial charge in [-0.15, -0.1) is 4.20 Å². The molecule has 0 aromatic rings. The van der Waals surface area contributed by atoms with Crippen LogP contribution in [0.3, 0.4) is 0 Å². The molecule has 0 radical (unpaired) electrons. The van der Waals surface area contributed by atoms with E-state index in [1.165, 1.54) is 38.0 Å². The molecule has 2 N–H and O–H groups in total. The molecule has 0 aliphatic carbocycles. The molecule has 0 rings (SSSR count). The SMILES string of the molecule is CC[CH2][Na].O=P(O)(O)F. The van der Waals surface area contributed by atoms with E-state index in [-0.39, 0.29) is 0 Å². The minimum atomic E-state index is -5.14. The standard InChI is InChI=1S/C3H7.FH2O3P.Na/c1-3-2;1-5(2,3)4;/h1,3H2,2H3;(H2,2,3,4);. The van der Waals surface area contributed by atoms with Gasteiger partial charge in [-0.25, -0.2) is 4.57 Å². The minimum Gasteiger partial charge on any atom is -0.299 e. The summed E-state index contributed by atoms with van der Waals surface area (Å²) < 4.78 is 20.5. The van der Waals surface area contributed by atoms with E-state index in [4.69, 9.17) is 14.4 Å². The Balaban J connectivity index is 0. The zero-order valence-electron chi connectivity index (χ0n) is 5.54. The Bertz CT molecular complexity index is 82.8. The van der Waals surface area contributed by atoms with Crippen LogP contribution in [0, 0.1) is 0 Å². The second-order valence-electron chi connectivity index (χ2n) is 1.47. The molecule has 0 aliphatic rings. The molecule has 0 spiro atoms.